The Morgan fingerprint density at radius 2 is 1.88 bits per heavy atom. The minimum Gasteiger partial charge on any atom is -0.378 e. The molecule has 3 aromatic rings. The first-order valence-corrected chi connectivity index (χ1v) is 9.17. The number of anilines is 2. The van der Waals surface area contributed by atoms with Crippen LogP contribution in [0.1, 0.15) is 18.3 Å². The highest BCUT2D eigenvalue weighted by molar-refractivity contribution is 8.00. The molecular formula is C18H22N6OS. The number of nitrogens with one attached hydrogen (secondary N) is 1. The van der Waals surface area contributed by atoms with Crippen molar-refractivity contribution < 1.29 is 4.79 Å². The number of fused-ring (bicyclic) bond motifs is 1. The summed E-state index contributed by atoms with van der Waals surface area (Å²) in [5, 5.41) is 7.57. The Balaban J connectivity index is 1.68. The Bertz CT molecular complexity index is 935. The number of nitrogens with zero attached hydrogens (tertiary/aromatic N) is 5. The third-order valence-electron chi connectivity index (χ3n) is 3.90. The van der Waals surface area contributed by atoms with E-state index in [0.29, 0.717) is 10.9 Å². The molecule has 1 aromatic carbocycles. The molecule has 0 saturated carbocycles. The number of aryl methyl sites for hydroxylation is 2. The van der Waals surface area contributed by atoms with Crippen molar-refractivity contribution in [3.8, 4) is 0 Å². The normalized spacial score (nSPS) is 12.2. The van der Waals surface area contributed by atoms with Crippen LogP contribution >= 0.6 is 11.8 Å². The summed E-state index contributed by atoms with van der Waals surface area (Å²) in [6.07, 6.45) is 0. The number of aromatic nitrogens is 4. The van der Waals surface area contributed by atoms with Crippen LogP contribution in [0.15, 0.2) is 35.5 Å². The molecule has 1 atom stereocenters. The maximum atomic E-state index is 12.5. The molecule has 1 unspecified atom stereocenters. The molecule has 0 aliphatic carbocycles. The maximum Gasteiger partial charge on any atom is 0.253 e. The number of benzene rings is 1. The number of thioether (sulfide) groups is 1. The van der Waals surface area contributed by atoms with Crippen LogP contribution in [-0.4, -0.2) is 44.8 Å². The zero-order valence-electron chi connectivity index (χ0n) is 15.5. The van der Waals surface area contributed by atoms with Crippen molar-refractivity contribution in [1.82, 2.24) is 19.6 Å². The van der Waals surface area contributed by atoms with E-state index in [9.17, 15) is 4.79 Å². The zero-order valence-corrected chi connectivity index (χ0v) is 16.3. The summed E-state index contributed by atoms with van der Waals surface area (Å²) < 4.78 is 1.69. The molecule has 1 amide bonds. The molecule has 0 bridgehead atoms. The smallest absolute Gasteiger partial charge is 0.253 e. The first kappa shape index (κ1) is 18.2. The van der Waals surface area contributed by atoms with Gasteiger partial charge in [-0.2, -0.15) is 4.98 Å². The van der Waals surface area contributed by atoms with E-state index in [2.05, 4.69) is 20.4 Å². The largest absolute Gasteiger partial charge is 0.378 e. The van der Waals surface area contributed by atoms with Gasteiger partial charge in [-0.15, -0.1) is 5.10 Å². The monoisotopic (exact) mass is 370 g/mol. The van der Waals surface area contributed by atoms with Crippen LogP contribution in [0.3, 0.4) is 0 Å². The van der Waals surface area contributed by atoms with Crippen molar-refractivity contribution in [1.29, 1.82) is 0 Å². The molecule has 26 heavy (non-hydrogen) atoms. The molecule has 136 valence electrons. The number of carbonyl (C=O) groups excluding carboxylic acids is 1. The number of carbonyl (C=O) groups is 1. The van der Waals surface area contributed by atoms with Crippen molar-refractivity contribution in [2.75, 3.05) is 24.3 Å². The molecule has 2 heterocycles. The summed E-state index contributed by atoms with van der Waals surface area (Å²) in [4.78, 5) is 23.2. The molecule has 0 spiro atoms. The van der Waals surface area contributed by atoms with Gasteiger partial charge in [-0.25, -0.2) is 9.50 Å². The van der Waals surface area contributed by atoms with Gasteiger partial charge < -0.3 is 10.2 Å². The van der Waals surface area contributed by atoms with Crippen LogP contribution in [0.25, 0.3) is 5.78 Å². The van der Waals surface area contributed by atoms with Gasteiger partial charge in [0.25, 0.3) is 5.78 Å². The topological polar surface area (TPSA) is 75.4 Å². The number of hydrogen-bond donors (Lipinski definition) is 1. The van der Waals surface area contributed by atoms with Gasteiger partial charge >= 0.3 is 0 Å². The van der Waals surface area contributed by atoms with Gasteiger partial charge in [0.2, 0.25) is 11.1 Å². The molecule has 0 saturated heterocycles. The van der Waals surface area contributed by atoms with Crippen molar-refractivity contribution >= 4 is 34.8 Å². The molecule has 0 aliphatic rings. The van der Waals surface area contributed by atoms with Gasteiger partial charge in [-0.3, -0.25) is 4.79 Å². The van der Waals surface area contributed by atoms with E-state index in [1.807, 2.05) is 70.1 Å². The van der Waals surface area contributed by atoms with Crippen LogP contribution in [-0.2, 0) is 4.79 Å². The lowest BCUT2D eigenvalue weighted by Gasteiger charge is -2.14. The third kappa shape index (κ3) is 3.96. The quantitative estimate of drug-likeness (QED) is 0.696. The van der Waals surface area contributed by atoms with E-state index < -0.39 is 0 Å². The van der Waals surface area contributed by atoms with Gasteiger partial charge in [-0.05, 0) is 51.1 Å². The fourth-order valence-corrected chi connectivity index (χ4v) is 3.24. The van der Waals surface area contributed by atoms with Gasteiger partial charge in [0.05, 0.1) is 5.25 Å². The molecule has 0 aliphatic heterocycles. The highest BCUT2D eigenvalue weighted by Crippen LogP contribution is 2.22. The lowest BCUT2D eigenvalue weighted by Crippen LogP contribution is -2.22. The van der Waals surface area contributed by atoms with E-state index >= 15 is 0 Å². The van der Waals surface area contributed by atoms with Crippen LogP contribution < -0.4 is 10.2 Å². The Kier molecular flexibility index (Phi) is 5.13. The standard InChI is InChI=1S/C18H22N6OS/c1-11-10-12(2)24-17(19-11)21-18(22-24)26-13(3)16(25)20-14-6-8-15(9-7-14)23(4)5/h6-10,13H,1-5H3,(H,20,25). The average molecular weight is 370 g/mol. The van der Waals surface area contributed by atoms with Crippen molar-refractivity contribution in [3.63, 3.8) is 0 Å². The van der Waals surface area contributed by atoms with Crippen LogP contribution in [0.5, 0.6) is 0 Å². The summed E-state index contributed by atoms with van der Waals surface area (Å²) in [6.45, 7) is 5.72. The van der Waals surface area contributed by atoms with Crippen molar-refractivity contribution in [2.45, 2.75) is 31.2 Å². The molecule has 0 radical (unpaired) electrons. The molecule has 1 N–H and O–H groups in total. The Morgan fingerprint density at radius 3 is 2.54 bits per heavy atom. The molecule has 7 nitrogen and oxygen atoms in total. The average Bonchev–Trinajstić information content (AvgIpc) is 2.97. The molecular weight excluding hydrogens is 348 g/mol. The highest BCUT2D eigenvalue weighted by atomic mass is 32.2. The molecule has 8 heteroatoms. The zero-order chi connectivity index (χ0) is 18.8. The minimum atomic E-state index is -0.331. The number of rotatable bonds is 5. The van der Waals surface area contributed by atoms with Gasteiger partial charge in [0.15, 0.2) is 0 Å². The summed E-state index contributed by atoms with van der Waals surface area (Å²) in [6, 6.07) is 9.67. The minimum absolute atomic E-state index is 0.0904. The summed E-state index contributed by atoms with van der Waals surface area (Å²) in [5.41, 5.74) is 3.71. The Morgan fingerprint density at radius 1 is 1.19 bits per heavy atom. The van der Waals surface area contributed by atoms with Crippen molar-refractivity contribution in [2.24, 2.45) is 0 Å². The summed E-state index contributed by atoms with van der Waals surface area (Å²) in [7, 11) is 3.96. The van der Waals surface area contributed by atoms with Gasteiger partial charge in [0.1, 0.15) is 0 Å². The predicted molar refractivity (Wildman–Crippen MR) is 105 cm³/mol. The lowest BCUT2D eigenvalue weighted by atomic mass is 10.2. The fourth-order valence-electron chi connectivity index (χ4n) is 2.50. The third-order valence-corrected chi connectivity index (χ3v) is 4.85. The van der Waals surface area contributed by atoms with Gasteiger partial charge in [0, 0.05) is 36.9 Å². The van der Waals surface area contributed by atoms with Gasteiger partial charge in [-0.1, -0.05) is 11.8 Å². The second-order valence-corrected chi connectivity index (χ2v) is 7.64. The second-order valence-electron chi connectivity index (χ2n) is 6.34. The Labute approximate surface area is 156 Å². The van der Waals surface area contributed by atoms with E-state index in [1.54, 1.807) is 4.52 Å². The molecule has 3 rings (SSSR count). The van der Waals surface area contributed by atoms with E-state index in [-0.39, 0.29) is 11.2 Å². The van der Waals surface area contributed by atoms with Crippen LogP contribution in [0.4, 0.5) is 11.4 Å². The van der Waals surface area contributed by atoms with E-state index in [4.69, 9.17) is 0 Å². The Hall–Kier alpha value is -2.61. The first-order chi connectivity index (χ1) is 12.3. The number of amides is 1. The fraction of sp³-hybridized carbons (Fsp3) is 0.333. The lowest BCUT2D eigenvalue weighted by molar-refractivity contribution is -0.115. The van der Waals surface area contributed by atoms with Crippen LogP contribution in [0, 0.1) is 13.8 Å². The highest BCUT2D eigenvalue weighted by Gasteiger charge is 2.18. The second kappa shape index (κ2) is 7.33. The SMILES string of the molecule is Cc1cc(C)n2nc(SC(C)C(=O)Nc3ccc(N(C)C)cc3)nc2n1. The molecule has 0 fully saturated rings. The number of hydrogen-bond acceptors (Lipinski definition) is 6. The van der Waals surface area contributed by atoms with E-state index in [1.165, 1.54) is 11.8 Å². The summed E-state index contributed by atoms with van der Waals surface area (Å²) in [5.74, 6) is 0.462. The van der Waals surface area contributed by atoms with E-state index in [0.717, 1.165) is 22.8 Å². The molecule has 2 aromatic heterocycles. The van der Waals surface area contributed by atoms with Crippen molar-refractivity contribution in [3.05, 3.63) is 41.7 Å². The van der Waals surface area contributed by atoms with Crippen LogP contribution in [0.2, 0.25) is 0 Å². The first-order valence-electron chi connectivity index (χ1n) is 8.29. The summed E-state index contributed by atoms with van der Waals surface area (Å²) >= 11 is 1.32. The predicted octanol–water partition coefficient (Wildman–Crippen LogP) is 2.93. The maximum absolute atomic E-state index is 12.5.